The van der Waals surface area contributed by atoms with E-state index in [0.717, 1.165) is 11.2 Å². The van der Waals surface area contributed by atoms with Crippen LogP contribution in [0.3, 0.4) is 0 Å². The van der Waals surface area contributed by atoms with Gasteiger partial charge in [0.1, 0.15) is 19.4 Å². The minimum Gasteiger partial charge on any atom is -0.347 e. The number of halogens is 3. The molecule has 0 aliphatic rings. The first-order chi connectivity index (χ1) is 8.70. The van der Waals surface area contributed by atoms with Crippen LogP contribution in [-0.4, -0.2) is 70.2 Å². The number of rotatable bonds is 4. The number of aromatic nitrogens is 3. The summed E-state index contributed by atoms with van der Waals surface area (Å²) in [6.07, 6.45) is -3.62. The lowest BCUT2D eigenvalue weighted by atomic mass is 10.4. The van der Waals surface area contributed by atoms with E-state index in [2.05, 4.69) is 15.2 Å². The highest BCUT2D eigenvalue weighted by atomic mass is 19.4. The summed E-state index contributed by atoms with van der Waals surface area (Å²) in [5.74, 6) is -2.02. The van der Waals surface area contributed by atoms with Gasteiger partial charge in [0, 0.05) is 14.1 Å². The number of nitrogens with one attached hydrogen (secondary N) is 1. The molecule has 0 spiro atoms. The second-order valence-electron chi connectivity index (χ2n) is 3.90. The lowest BCUT2D eigenvalue weighted by Gasteiger charge is -2.23. The maximum absolute atomic E-state index is 12.4. The molecule has 1 heterocycles. The van der Waals surface area contributed by atoms with Gasteiger partial charge in [-0.05, 0) is 0 Å². The number of hydrogen-bond acceptors (Lipinski definition) is 4. The zero-order valence-electron chi connectivity index (χ0n) is 10.2. The third-order valence-corrected chi connectivity index (χ3v) is 2.10. The van der Waals surface area contributed by atoms with Crippen LogP contribution in [0.1, 0.15) is 10.6 Å². The molecule has 0 atom stereocenters. The topological polar surface area (TPSA) is 82.2 Å². The van der Waals surface area contributed by atoms with Crippen LogP contribution in [0.2, 0.25) is 0 Å². The van der Waals surface area contributed by atoms with E-state index in [0.29, 0.717) is 4.90 Å². The molecule has 1 aromatic heterocycles. The summed E-state index contributed by atoms with van der Waals surface area (Å²) in [5.41, 5.74) is 0. The molecular weight excluding hydrogens is 267 g/mol. The summed E-state index contributed by atoms with van der Waals surface area (Å²) < 4.78 is 37.2. The molecule has 0 unspecified atom stereocenters. The Bertz CT molecular complexity index is 443. The van der Waals surface area contributed by atoms with E-state index in [1.807, 2.05) is 0 Å². The van der Waals surface area contributed by atoms with Crippen LogP contribution in [0, 0.1) is 0 Å². The van der Waals surface area contributed by atoms with Gasteiger partial charge in [-0.3, -0.25) is 14.7 Å². The normalized spacial score (nSPS) is 11.2. The van der Waals surface area contributed by atoms with E-state index < -0.39 is 31.1 Å². The first kappa shape index (κ1) is 14.9. The second kappa shape index (κ2) is 5.67. The molecule has 0 radical (unpaired) electrons. The van der Waals surface area contributed by atoms with Crippen LogP contribution in [0.25, 0.3) is 0 Å². The Kier molecular flexibility index (Phi) is 4.46. The van der Waals surface area contributed by atoms with Crippen LogP contribution in [-0.2, 0) is 4.79 Å². The highest BCUT2D eigenvalue weighted by Gasteiger charge is 2.35. The summed E-state index contributed by atoms with van der Waals surface area (Å²) >= 11 is 0. The van der Waals surface area contributed by atoms with Crippen LogP contribution in [0.5, 0.6) is 0 Å². The lowest BCUT2D eigenvalue weighted by molar-refractivity contribution is -0.146. The SMILES string of the molecule is CN(C)C(=O)CN(CC(F)(F)F)C(=O)c1ncn[nH]1. The van der Waals surface area contributed by atoms with Crippen molar-refractivity contribution < 1.29 is 22.8 Å². The fourth-order valence-corrected chi connectivity index (χ4v) is 1.18. The second-order valence-corrected chi connectivity index (χ2v) is 3.90. The van der Waals surface area contributed by atoms with Gasteiger partial charge in [0.15, 0.2) is 0 Å². The Hall–Kier alpha value is -2.13. The quantitative estimate of drug-likeness (QED) is 0.834. The van der Waals surface area contributed by atoms with Gasteiger partial charge in [0.25, 0.3) is 5.91 Å². The number of alkyl halides is 3. The number of amides is 2. The third-order valence-electron chi connectivity index (χ3n) is 2.10. The molecule has 1 rings (SSSR count). The molecule has 1 aromatic rings. The Morgan fingerprint density at radius 3 is 2.42 bits per heavy atom. The molecule has 0 aromatic carbocycles. The summed E-state index contributed by atoms with van der Waals surface area (Å²) in [4.78, 5) is 28.1. The van der Waals surface area contributed by atoms with Crippen molar-refractivity contribution in [1.82, 2.24) is 25.0 Å². The van der Waals surface area contributed by atoms with Crippen LogP contribution in [0.4, 0.5) is 13.2 Å². The van der Waals surface area contributed by atoms with Crippen molar-refractivity contribution in [2.24, 2.45) is 0 Å². The summed E-state index contributed by atoms with van der Waals surface area (Å²) in [5, 5.41) is 5.54. The maximum Gasteiger partial charge on any atom is 0.406 e. The van der Waals surface area contributed by atoms with Gasteiger partial charge in [-0.2, -0.15) is 18.3 Å². The van der Waals surface area contributed by atoms with Crippen molar-refractivity contribution in [3.63, 3.8) is 0 Å². The molecule has 19 heavy (non-hydrogen) atoms. The molecular formula is C9H12F3N5O2. The highest BCUT2D eigenvalue weighted by Crippen LogP contribution is 2.17. The third kappa shape index (κ3) is 4.56. The fourth-order valence-electron chi connectivity index (χ4n) is 1.18. The van der Waals surface area contributed by atoms with Gasteiger partial charge in [-0.15, -0.1) is 0 Å². The molecule has 0 aliphatic carbocycles. The zero-order chi connectivity index (χ0) is 14.6. The molecule has 1 N–H and O–H groups in total. The van der Waals surface area contributed by atoms with E-state index in [9.17, 15) is 22.8 Å². The predicted octanol–water partition coefficient (Wildman–Crippen LogP) is -0.103. The smallest absolute Gasteiger partial charge is 0.347 e. The lowest BCUT2D eigenvalue weighted by Crippen LogP contribution is -2.45. The largest absolute Gasteiger partial charge is 0.406 e. The van der Waals surface area contributed by atoms with E-state index in [4.69, 9.17) is 0 Å². The van der Waals surface area contributed by atoms with Crippen LogP contribution < -0.4 is 0 Å². The number of nitrogens with zero attached hydrogens (tertiary/aromatic N) is 4. The van der Waals surface area contributed by atoms with E-state index >= 15 is 0 Å². The monoisotopic (exact) mass is 279 g/mol. The summed E-state index contributed by atoms with van der Waals surface area (Å²) in [6, 6.07) is 0. The van der Waals surface area contributed by atoms with Gasteiger partial charge in [-0.25, -0.2) is 4.98 Å². The summed E-state index contributed by atoms with van der Waals surface area (Å²) in [7, 11) is 2.76. The number of hydrogen-bond donors (Lipinski definition) is 1. The molecule has 0 fully saturated rings. The molecule has 0 saturated carbocycles. The van der Waals surface area contributed by atoms with Crippen molar-refractivity contribution in [2.45, 2.75) is 6.18 Å². The number of carbonyl (C=O) groups is 2. The number of H-pyrrole nitrogens is 1. The number of likely N-dealkylation sites (N-methyl/N-ethyl adjacent to an activating group) is 1. The molecule has 0 aliphatic heterocycles. The molecule has 10 heteroatoms. The van der Waals surface area contributed by atoms with Crippen molar-refractivity contribution in [1.29, 1.82) is 0 Å². The molecule has 2 amide bonds. The Morgan fingerprint density at radius 1 is 1.37 bits per heavy atom. The Balaban J connectivity index is 2.86. The first-order valence-corrected chi connectivity index (χ1v) is 5.12. The van der Waals surface area contributed by atoms with Crippen molar-refractivity contribution in [2.75, 3.05) is 27.2 Å². The number of aromatic amines is 1. The average molecular weight is 279 g/mol. The maximum atomic E-state index is 12.4. The molecule has 0 bridgehead atoms. The Labute approximate surface area is 106 Å². The predicted molar refractivity (Wildman–Crippen MR) is 57.0 cm³/mol. The van der Waals surface area contributed by atoms with Crippen molar-refractivity contribution in [3.05, 3.63) is 12.2 Å². The average Bonchev–Trinajstić information content (AvgIpc) is 2.78. The molecule has 7 nitrogen and oxygen atoms in total. The van der Waals surface area contributed by atoms with E-state index in [-0.39, 0.29) is 5.82 Å². The van der Waals surface area contributed by atoms with Gasteiger partial charge in [-0.1, -0.05) is 0 Å². The zero-order valence-corrected chi connectivity index (χ0v) is 10.2. The minimum atomic E-state index is -4.61. The van der Waals surface area contributed by atoms with Crippen molar-refractivity contribution >= 4 is 11.8 Å². The van der Waals surface area contributed by atoms with Gasteiger partial charge < -0.3 is 9.80 Å². The van der Waals surface area contributed by atoms with Gasteiger partial charge in [0.05, 0.1) is 0 Å². The number of carbonyl (C=O) groups excluding carboxylic acids is 2. The molecule has 106 valence electrons. The fraction of sp³-hybridized carbons (Fsp3) is 0.556. The standard InChI is InChI=1S/C9H12F3N5O2/c1-16(2)6(18)3-17(4-9(10,11)12)8(19)7-13-5-14-15-7/h5H,3-4H2,1-2H3,(H,13,14,15). The first-order valence-electron chi connectivity index (χ1n) is 5.12. The van der Waals surface area contributed by atoms with Gasteiger partial charge in [0.2, 0.25) is 11.7 Å². The molecule has 0 saturated heterocycles. The minimum absolute atomic E-state index is 0.351. The van der Waals surface area contributed by atoms with E-state index in [1.165, 1.54) is 14.1 Å². The van der Waals surface area contributed by atoms with Crippen LogP contribution in [0.15, 0.2) is 6.33 Å². The van der Waals surface area contributed by atoms with Crippen molar-refractivity contribution in [3.8, 4) is 0 Å². The highest BCUT2D eigenvalue weighted by molar-refractivity contribution is 5.93. The van der Waals surface area contributed by atoms with E-state index in [1.54, 1.807) is 0 Å². The van der Waals surface area contributed by atoms with Crippen LogP contribution >= 0.6 is 0 Å². The van der Waals surface area contributed by atoms with Gasteiger partial charge >= 0.3 is 6.18 Å². The summed E-state index contributed by atoms with van der Waals surface area (Å²) in [6.45, 7) is -2.22. The Morgan fingerprint density at radius 2 is 2.00 bits per heavy atom.